The molecule has 0 aliphatic rings. The number of carbonyl (C=O) groups is 1. The van der Waals surface area contributed by atoms with Gasteiger partial charge in [0.1, 0.15) is 0 Å². The molecule has 2 N–H and O–H groups in total. The topological polar surface area (TPSA) is 62.2 Å². The summed E-state index contributed by atoms with van der Waals surface area (Å²) >= 11 is 4.81. The molecule has 4 nitrogen and oxygen atoms in total. The molecular weight excluding hydrogens is 340 g/mol. The number of hydrogen-bond acceptors (Lipinski definition) is 4. The van der Waals surface area contributed by atoms with Crippen molar-refractivity contribution in [2.45, 2.75) is 17.1 Å². The third-order valence-corrected chi connectivity index (χ3v) is 4.16. The fourth-order valence-electron chi connectivity index (χ4n) is 1.48. The second-order valence-electron chi connectivity index (χ2n) is 4.07. The number of aromatic nitrogens is 1. The average molecular weight is 353 g/mol. The summed E-state index contributed by atoms with van der Waals surface area (Å²) in [5, 5.41) is 11.9. The number of halogens is 1. The number of amides is 1. The summed E-state index contributed by atoms with van der Waals surface area (Å²) in [5.41, 5.74) is 0. The lowest BCUT2D eigenvalue weighted by molar-refractivity contribution is -0.115. The molecule has 0 radical (unpaired) electrons. The van der Waals surface area contributed by atoms with Crippen molar-refractivity contribution < 1.29 is 9.90 Å². The monoisotopic (exact) mass is 352 g/mol. The van der Waals surface area contributed by atoms with E-state index in [1.165, 1.54) is 24.0 Å². The van der Waals surface area contributed by atoms with Crippen LogP contribution in [0.2, 0.25) is 0 Å². The summed E-state index contributed by atoms with van der Waals surface area (Å²) in [4.78, 5) is 17.0. The fourth-order valence-corrected chi connectivity index (χ4v) is 2.61. The highest BCUT2D eigenvalue weighted by Gasteiger charge is 2.16. The molecule has 1 heterocycles. The minimum absolute atomic E-state index is 0.0401. The van der Waals surface area contributed by atoms with Crippen LogP contribution in [0.3, 0.4) is 0 Å². The summed E-state index contributed by atoms with van der Waals surface area (Å²) in [6, 6.07) is 10.8. The first kappa shape index (κ1) is 14.9. The maximum atomic E-state index is 12.0. The Bertz CT molecular complexity index is 604. The molecule has 2 aromatic rings. The van der Waals surface area contributed by atoms with Gasteiger partial charge in [0.2, 0.25) is 5.91 Å². The van der Waals surface area contributed by atoms with Crippen LogP contribution >= 0.6 is 27.7 Å². The van der Waals surface area contributed by atoms with Gasteiger partial charge in [-0.3, -0.25) is 4.79 Å². The molecule has 6 heteroatoms. The van der Waals surface area contributed by atoms with Crippen molar-refractivity contribution in [1.29, 1.82) is 0 Å². The van der Waals surface area contributed by atoms with Crippen LogP contribution in [0.4, 0.5) is 5.82 Å². The number of anilines is 1. The number of benzene rings is 1. The number of rotatable bonds is 4. The molecule has 0 spiro atoms. The number of thioether (sulfide) groups is 1. The SMILES string of the molecule is CC(Sc1ccc(Br)cc1)C(=O)Nc1ncccc1O. The Labute approximate surface area is 129 Å². The van der Waals surface area contributed by atoms with Crippen molar-refractivity contribution in [2.75, 3.05) is 5.32 Å². The van der Waals surface area contributed by atoms with Gasteiger partial charge < -0.3 is 10.4 Å². The van der Waals surface area contributed by atoms with Gasteiger partial charge in [-0.05, 0) is 43.3 Å². The zero-order chi connectivity index (χ0) is 14.5. The normalized spacial score (nSPS) is 11.9. The molecule has 0 aliphatic carbocycles. The van der Waals surface area contributed by atoms with Gasteiger partial charge in [0, 0.05) is 15.6 Å². The number of aromatic hydroxyl groups is 1. The highest BCUT2D eigenvalue weighted by atomic mass is 79.9. The van der Waals surface area contributed by atoms with E-state index in [1.807, 2.05) is 31.2 Å². The van der Waals surface area contributed by atoms with E-state index in [-0.39, 0.29) is 22.7 Å². The van der Waals surface area contributed by atoms with E-state index in [9.17, 15) is 9.90 Å². The third kappa shape index (κ3) is 3.98. The Hall–Kier alpha value is -1.53. The van der Waals surface area contributed by atoms with Crippen molar-refractivity contribution in [3.8, 4) is 5.75 Å². The molecule has 2 rings (SSSR count). The minimum atomic E-state index is -0.294. The van der Waals surface area contributed by atoms with Crippen molar-refractivity contribution in [3.63, 3.8) is 0 Å². The second-order valence-corrected chi connectivity index (χ2v) is 6.40. The van der Waals surface area contributed by atoms with Crippen LogP contribution in [-0.2, 0) is 4.79 Å². The summed E-state index contributed by atoms with van der Waals surface area (Å²) in [6.45, 7) is 1.81. The molecule has 1 aromatic carbocycles. The number of carbonyl (C=O) groups excluding carboxylic acids is 1. The van der Waals surface area contributed by atoms with E-state index >= 15 is 0 Å². The van der Waals surface area contributed by atoms with Crippen LogP contribution in [0.25, 0.3) is 0 Å². The van der Waals surface area contributed by atoms with E-state index in [4.69, 9.17) is 0 Å². The van der Waals surface area contributed by atoms with Crippen LogP contribution in [0.1, 0.15) is 6.92 Å². The first-order chi connectivity index (χ1) is 9.56. The zero-order valence-electron chi connectivity index (χ0n) is 10.7. The predicted octanol–water partition coefficient (Wildman–Crippen LogP) is 3.67. The molecule has 1 unspecified atom stereocenters. The molecule has 1 atom stereocenters. The second kappa shape index (κ2) is 6.76. The molecule has 20 heavy (non-hydrogen) atoms. The van der Waals surface area contributed by atoms with Gasteiger partial charge in [0.15, 0.2) is 11.6 Å². The number of nitrogens with zero attached hydrogens (tertiary/aromatic N) is 1. The third-order valence-electron chi connectivity index (χ3n) is 2.52. The molecule has 1 aromatic heterocycles. The van der Waals surface area contributed by atoms with E-state index in [0.29, 0.717) is 0 Å². The Balaban J connectivity index is 1.99. The van der Waals surface area contributed by atoms with Crippen LogP contribution in [-0.4, -0.2) is 21.2 Å². The van der Waals surface area contributed by atoms with Gasteiger partial charge in [-0.1, -0.05) is 15.9 Å². The fraction of sp³-hybridized carbons (Fsp3) is 0.143. The molecule has 0 bridgehead atoms. The maximum Gasteiger partial charge on any atom is 0.238 e. The lowest BCUT2D eigenvalue weighted by Crippen LogP contribution is -2.22. The van der Waals surface area contributed by atoms with Crippen molar-refractivity contribution >= 4 is 39.4 Å². The Morgan fingerprint density at radius 3 is 2.70 bits per heavy atom. The van der Waals surface area contributed by atoms with Crippen LogP contribution in [0.5, 0.6) is 5.75 Å². The summed E-state index contributed by atoms with van der Waals surface area (Å²) in [6.07, 6.45) is 1.52. The van der Waals surface area contributed by atoms with Gasteiger partial charge in [0.05, 0.1) is 5.25 Å². The van der Waals surface area contributed by atoms with E-state index in [2.05, 4.69) is 26.2 Å². The lowest BCUT2D eigenvalue weighted by atomic mass is 10.4. The van der Waals surface area contributed by atoms with Gasteiger partial charge in [-0.15, -0.1) is 11.8 Å². The average Bonchev–Trinajstić information content (AvgIpc) is 2.44. The maximum absolute atomic E-state index is 12.0. The molecule has 0 saturated heterocycles. The zero-order valence-corrected chi connectivity index (χ0v) is 13.1. The van der Waals surface area contributed by atoms with Crippen molar-refractivity contribution in [2.24, 2.45) is 0 Å². The van der Waals surface area contributed by atoms with Crippen LogP contribution < -0.4 is 5.32 Å². The smallest absolute Gasteiger partial charge is 0.238 e. The quantitative estimate of drug-likeness (QED) is 0.824. The van der Waals surface area contributed by atoms with Gasteiger partial charge >= 0.3 is 0 Å². The Kier molecular flexibility index (Phi) is 5.03. The minimum Gasteiger partial charge on any atom is -0.504 e. The largest absolute Gasteiger partial charge is 0.504 e. The molecular formula is C14H13BrN2O2S. The molecule has 1 amide bonds. The van der Waals surface area contributed by atoms with Gasteiger partial charge in [0.25, 0.3) is 0 Å². The summed E-state index contributed by atoms with van der Waals surface area (Å²) in [7, 11) is 0. The highest BCUT2D eigenvalue weighted by molar-refractivity contribution is 9.10. The summed E-state index contributed by atoms with van der Waals surface area (Å²) in [5.74, 6) is -0.0608. The number of hydrogen-bond donors (Lipinski definition) is 2. The number of nitrogens with one attached hydrogen (secondary N) is 1. The van der Waals surface area contributed by atoms with E-state index in [1.54, 1.807) is 6.07 Å². The number of pyridine rings is 1. The van der Waals surface area contributed by atoms with Gasteiger partial charge in [-0.2, -0.15) is 0 Å². The Morgan fingerprint density at radius 2 is 2.05 bits per heavy atom. The predicted molar refractivity (Wildman–Crippen MR) is 84.0 cm³/mol. The lowest BCUT2D eigenvalue weighted by Gasteiger charge is -2.12. The standard InChI is InChI=1S/C14H13BrN2O2S/c1-9(20-11-6-4-10(15)5-7-11)14(19)17-13-12(18)3-2-8-16-13/h2-9,18H,1H3,(H,16,17,19). The van der Waals surface area contributed by atoms with Crippen LogP contribution in [0, 0.1) is 0 Å². The van der Waals surface area contributed by atoms with E-state index < -0.39 is 0 Å². The first-order valence-corrected chi connectivity index (χ1v) is 7.60. The Morgan fingerprint density at radius 1 is 1.35 bits per heavy atom. The first-order valence-electron chi connectivity index (χ1n) is 5.93. The highest BCUT2D eigenvalue weighted by Crippen LogP contribution is 2.26. The molecule has 104 valence electrons. The van der Waals surface area contributed by atoms with E-state index in [0.717, 1.165) is 9.37 Å². The van der Waals surface area contributed by atoms with Gasteiger partial charge in [-0.25, -0.2) is 4.98 Å². The molecule has 0 saturated carbocycles. The molecule has 0 aliphatic heterocycles. The van der Waals surface area contributed by atoms with Crippen LogP contribution in [0.15, 0.2) is 52.0 Å². The van der Waals surface area contributed by atoms with Crippen molar-refractivity contribution in [3.05, 3.63) is 47.1 Å². The molecule has 0 fully saturated rings. The summed E-state index contributed by atoms with van der Waals surface area (Å²) < 4.78 is 0.998. The van der Waals surface area contributed by atoms with Crippen molar-refractivity contribution in [1.82, 2.24) is 4.98 Å².